The zero-order valence-corrected chi connectivity index (χ0v) is 7.63. The molecule has 0 unspecified atom stereocenters. The van der Waals surface area contributed by atoms with Gasteiger partial charge in [-0.2, -0.15) is 0 Å². The van der Waals surface area contributed by atoms with Crippen molar-refractivity contribution in [2.75, 3.05) is 0 Å². The van der Waals surface area contributed by atoms with Crippen LogP contribution in [0.3, 0.4) is 0 Å². The van der Waals surface area contributed by atoms with Gasteiger partial charge in [-0.3, -0.25) is 4.79 Å². The van der Waals surface area contributed by atoms with Crippen LogP contribution in [0.25, 0.3) is 11.0 Å². The third-order valence-electron chi connectivity index (χ3n) is 2.28. The molecular formula is C11H10O2. The summed E-state index contributed by atoms with van der Waals surface area (Å²) in [5, 5.41) is 0.940. The summed E-state index contributed by atoms with van der Waals surface area (Å²) in [7, 11) is 0. The van der Waals surface area contributed by atoms with Gasteiger partial charge in [0.15, 0.2) is 6.29 Å². The van der Waals surface area contributed by atoms with Crippen molar-refractivity contribution >= 4 is 17.3 Å². The van der Waals surface area contributed by atoms with Gasteiger partial charge in [-0.25, -0.2) is 0 Å². The Labute approximate surface area is 76.2 Å². The van der Waals surface area contributed by atoms with Gasteiger partial charge < -0.3 is 4.42 Å². The fourth-order valence-corrected chi connectivity index (χ4v) is 1.56. The molecular weight excluding hydrogens is 164 g/mol. The summed E-state index contributed by atoms with van der Waals surface area (Å²) in [6.07, 6.45) is 2.34. The van der Waals surface area contributed by atoms with Gasteiger partial charge >= 0.3 is 0 Å². The molecule has 0 amide bonds. The standard InChI is InChI=1S/C11H10O2/c1-7-3-4-8(2)11-10(7)9(5-12)6-13-11/h3-6H,1-2H3. The van der Waals surface area contributed by atoms with Crippen LogP contribution in [-0.4, -0.2) is 6.29 Å². The fourth-order valence-electron chi connectivity index (χ4n) is 1.56. The van der Waals surface area contributed by atoms with Crippen molar-refractivity contribution in [1.29, 1.82) is 0 Å². The Hall–Kier alpha value is -1.57. The van der Waals surface area contributed by atoms with Crippen LogP contribution in [0.1, 0.15) is 21.5 Å². The summed E-state index contributed by atoms with van der Waals surface area (Å²) in [5.41, 5.74) is 3.60. The molecule has 2 nitrogen and oxygen atoms in total. The summed E-state index contributed by atoms with van der Waals surface area (Å²) >= 11 is 0. The Kier molecular flexibility index (Phi) is 1.69. The summed E-state index contributed by atoms with van der Waals surface area (Å²) in [4.78, 5) is 10.7. The number of hydrogen-bond donors (Lipinski definition) is 0. The zero-order chi connectivity index (χ0) is 9.42. The normalized spacial score (nSPS) is 10.6. The smallest absolute Gasteiger partial charge is 0.153 e. The molecule has 2 aromatic rings. The molecule has 0 aliphatic rings. The second kappa shape index (κ2) is 2.73. The van der Waals surface area contributed by atoms with Gasteiger partial charge in [0.1, 0.15) is 11.8 Å². The molecule has 1 aromatic carbocycles. The highest BCUT2D eigenvalue weighted by Crippen LogP contribution is 2.26. The lowest BCUT2D eigenvalue weighted by Crippen LogP contribution is -1.81. The number of fused-ring (bicyclic) bond motifs is 1. The fraction of sp³-hybridized carbons (Fsp3) is 0.182. The van der Waals surface area contributed by atoms with E-state index in [9.17, 15) is 4.79 Å². The number of carbonyl (C=O) groups is 1. The van der Waals surface area contributed by atoms with Crippen molar-refractivity contribution in [3.63, 3.8) is 0 Å². The minimum Gasteiger partial charge on any atom is -0.463 e. The minimum atomic E-state index is 0.635. The van der Waals surface area contributed by atoms with Gasteiger partial charge in [0.05, 0.1) is 5.56 Å². The highest BCUT2D eigenvalue weighted by atomic mass is 16.3. The van der Waals surface area contributed by atoms with E-state index in [1.165, 1.54) is 6.26 Å². The molecule has 13 heavy (non-hydrogen) atoms. The highest BCUT2D eigenvalue weighted by Gasteiger charge is 2.09. The molecule has 0 saturated carbocycles. The van der Waals surface area contributed by atoms with Crippen LogP contribution in [0.2, 0.25) is 0 Å². The molecule has 2 heteroatoms. The van der Waals surface area contributed by atoms with E-state index >= 15 is 0 Å². The molecule has 1 heterocycles. The third-order valence-corrected chi connectivity index (χ3v) is 2.28. The first-order valence-electron chi connectivity index (χ1n) is 4.16. The summed E-state index contributed by atoms with van der Waals surface area (Å²) < 4.78 is 5.32. The Morgan fingerprint density at radius 1 is 1.23 bits per heavy atom. The quantitative estimate of drug-likeness (QED) is 0.622. The van der Waals surface area contributed by atoms with Gasteiger partial charge in [-0.1, -0.05) is 12.1 Å². The molecule has 0 aliphatic carbocycles. The molecule has 0 saturated heterocycles. The molecule has 0 atom stereocenters. The monoisotopic (exact) mass is 174 g/mol. The molecule has 0 fully saturated rings. The number of furan rings is 1. The lowest BCUT2D eigenvalue weighted by atomic mass is 10.1. The third kappa shape index (κ3) is 1.06. The largest absolute Gasteiger partial charge is 0.463 e. The van der Waals surface area contributed by atoms with Crippen LogP contribution in [0.5, 0.6) is 0 Å². The number of aryl methyl sites for hydroxylation is 2. The molecule has 0 aliphatic heterocycles. The first-order chi connectivity index (χ1) is 6.24. The van der Waals surface area contributed by atoms with Crippen molar-refractivity contribution in [2.24, 2.45) is 0 Å². The first kappa shape index (κ1) is 8.05. The van der Waals surface area contributed by atoms with E-state index in [1.807, 2.05) is 26.0 Å². The van der Waals surface area contributed by atoms with Gasteiger partial charge in [-0.05, 0) is 25.0 Å². The van der Waals surface area contributed by atoms with Crippen LogP contribution in [0.4, 0.5) is 0 Å². The van der Waals surface area contributed by atoms with E-state index in [4.69, 9.17) is 4.42 Å². The van der Waals surface area contributed by atoms with Crippen LogP contribution < -0.4 is 0 Å². The molecule has 66 valence electrons. The van der Waals surface area contributed by atoms with Gasteiger partial charge in [0.25, 0.3) is 0 Å². The maximum absolute atomic E-state index is 10.7. The number of aldehydes is 1. The van der Waals surface area contributed by atoms with E-state index in [0.29, 0.717) is 5.56 Å². The number of hydrogen-bond acceptors (Lipinski definition) is 2. The minimum absolute atomic E-state index is 0.635. The highest BCUT2D eigenvalue weighted by molar-refractivity contribution is 5.98. The SMILES string of the molecule is Cc1ccc(C)c2c(C=O)coc12. The van der Waals surface area contributed by atoms with E-state index in [2.05, 4.69) is 0 Å². The van der Waals surface area contributed by atoms with Gasteiger partial charge in [0.2, 0.25) is 0 Å². The van der Waals surface area contributed by atoms with E-state index < -0.39 is 0 Å². The maximum atomic E-state index is 10.7. The Balaban J connectivity index is 2.95. The molecule has 0 bridgehead atoms. The van der Waals surface area contributed by atoms with Gasteiger partial charge in [-0.15, -0.1) is 0 Å². The van der Waals surface area contributed by atoms with Crippen molar-refractivity contribution in [3.05, 3.63) is 35.1 Å². The summed E-state index contributed by atoms with van der Waals surface area (Å²) in [6, 6.07) is 4.00. The average Bonchev–Trinajstić information content (AvgIpc) is 2.56. The lowest BCUT2D eigenvalue weighted by Gasteiger charge is -1.98. The van der Waals surface area contributed by atoms with Crippen LogP contribution in [0.15, 0.2) is 22.8 Å². The molecule has 0 radical (unpaired) electrons. The number of benzene rings is 1. The van der Waals surface area contributed by atoms with E-state index in [0.717, 1.165) is 28.4 Å². The van der Waals surface area contributed by atoms with Gasteiger partial charge in [0, 0.05) is 5.39 Å². The van der Waals surface area contributed by atoms with E-state index in [1.54, 1.807) is 0 Å². The zero-order valence-electron chi connectivity index (χ0n) is 7.63. The molecule has 0 N–H and O–H groups in total. The first-order valence-corrected chi connectivity index (χ1v) is 4.16. The van der Waals surface area contributed by atoms with Crippen molar-refractivity contribution in [1.82, 2.24) is 0 Å². The van der Waals surface area contributed by atoms with E-state index in [-0.39, 0.29) is 0 Å². The van der Waals surface area contributed by atoms with Crippen LogP contribution in [0, 0.1) is 13.8 Å². The second-order valence-corrected chi connectivity index (χ2v) is 3.21. The average molecular weight is 174 g/mol. The maximum Gasteiger partial charge on any atom is 0.153 e. The van der Waals surface area contributed by atoms with Crippen molar-refractivity contribution in [2.45, 2.75) is 13.8 Å². The second-order valence-electron chi connectivity index (χ2n) is 3.21. The number of rotatable bonds is 1. The van der Waals surface area contributed by atoms with Crippen molar-refractivity contribution in [3.8, 4) is 0 Å². The molecule has 0 spiro atoms. The predicted molar refractivity (Wildman–Crippen MR) is 51.1 cm³/mol. The molecule has 1 aromatic heterocycles. The summed E-state index contributed by atoms with van der Waals surface area (Å²) in [6.45, 7) is 3.95. The Bertz CT molecular complexity index is 466. The Morgan fingerprint density at radius 3 is 2.62 bits per heavy atom. The van der Waals surface area contributed by atoms with Crippen LogP contribution in [-0.2, 0) is 0 Å². The predicted octanol–water partition coefficient (Wildman–Crippen LogP) is 2.86. The lowest BCUT2D eigenvalue weighted by molar-refractivity contribution is 0.112. The van der Waals surface area contributed by atoms with Crippen molar-refractivity contribution < 1.29 is 9.21 Å². The Morgan fingerprint density at radius 2 is 1.92 bits per heavy atom. The summed E-state index contributed by atoms with van der Waals surface area (Å²) in [5.74, 6) is 0. The molecule has 2 rings (SSSR count). The van der Waals surface area contributed by atoms with Crippen LogP contribution >= 0.6 is 0 Å². The number of carbonyl (C=O) groups excluding carboxylic acids is 1. The topological polar surface area (TPSA) is 30.2 Å².